The van der Waals surface area contributed by atoms with Gasteiger partial charge in [-0.15, -0.1) is 0 Å². The average Bonchev–Trinajstić information content (AvgIpc) is 2.51. The molecule has 1 aromatic carbocycles. The van der Waals surface area contributed by atoms with Crippen molar-refractivity contribution in [3.63, 3.8) is 0 Å². The quantitative estimate of drug-likeness (QED) is 0.705. The van der Waals surface area contributed by atoms with Crippen molar-refractivity contribution < 1.29 is 14.6 Å². The summed E-state index contributed by atoms with van der Waals surface area (Å²) in [6.45, 7) is 4.02. The Hall–Kier alpha value is -1.43. The van der Waals surface area contributed by atoms with E-state index in [-0.39, 0.29) is 30.0 Å². The first kappa shape index (κ1) is 18.9. The van der Waals surface area contributed by atoms with Crippen LogP contribution in [0.15, 0.2) is 30.3 Å². The van der Waals surface area contributed by atoms with Gasteiger partial charge in [0.15, 0.2) is 0 Å². The molecule has 0 radical (unpaired) electrons. The third kappa shape index (κ3) is 5.30. The van der Waals surface area contributed by atoms with E-state index in [2.05, 4.69) is 0 Å². The first-order valence-corrected chi connectivity index (χ1v) is 8.79. The second kappa shape index (κ2) is 8.60. The standard InChI is InChI=1S/C19H30N2O3/c1-12-8-15(9-13(2)24-12)16(19(21)23)11-18(22)17(20)10-14-6-4-3-5-7-14/h3-7,12-13,15-18,22H,8-11,20H2,1-2H3,(H2,21,23)/t12?,13?,15?,16-,17-,18-/m0/s1. The zero-order chi connectivity index (χ0) is 17.7. The van der Waals surface area contributed by atoms with Gasteiger partial charge in [-0.05, 0) is 51.0 Å². The predicted octanol–water partition coefficient (Wildman–Crippen LogP) is 1.61. The number of nitrogens with two attached hydrogens (primary N) is 2. The first-order chi connectivity index (χ1) is 11.4. The molecule has 1 fully saturated rings. The number of hydrogen-bond acceptors (Lipinski definition) is 4. The molecule has 1 saturated heterocycles. The molecule has 1 aliphatic rings. The van der Waals surface area contributed by atoms with Gasteiger partial charge in [0.25, 0.3) is 0 Å². The zero-order valence-electron chi connectivity index (χ0n) is 14.6. The van der Waals surface area contributed by atoms with Gasteiger partial charge in [-0.1, -0.05) is 30.3 Å². The monoisotopic (exact) mass is 334 g/mol. The summed E-state index contributed by atoms with van der Waals surface area (Å²) in [4.78, 5) is 12.0. The number of hydrogen-bond donors (Lipinski definition) is 3. The van der Waals surface area contributed by atoms with Crippen molar-refractivity contribution in [2.45, 2.75) is 63.9 Å². The minimum atomic E-state index is -0.754. The fraction of sp³-hybridized carbons (Fsp3) is 0.632. The molecule has 0 spiro atoms. The third-order valence-corrected chi connectivity index (χ3v) is 4.97. The Kier molecular flexibility index (Phi) is 6.78. The Balaban J connectivity index is 1.97. The molecule has 0 aliphatic carbocycles. The summed E-state index contributed by atoms with van der Waals surface area (Å²) in [5, 5.41) is 10.5. The summed E-state index contributed by atoms with van der Waals surface area (Å²) >= 11 is 0. The SMILES string of the molecule is CC1CC([C@H](C[C@H](O)[C@@H](N)Cc2ccccc2)C(N)=O)CC(C)O1. The predicted molar refractivity (Wildman–Crippen MR) is 94.2 cm³/mol. The van der Waals surface area contributed by atoms with Crippen molar-refractivity contribution in [2.75, 3.05) is 0 Å². The normalized spacial score (nSPS) is 28.1. The van der Waals surface area contributed by atoms with Crippen LogP contribution in [0.25, 0.3) is 0 Å². The smallest absolute Gasteiger partial charge is 0.220 e. The number of aliphatic hydroxyl groups is 1. The van der Waals surface area contributed by atoms with E-state index in [0.29, 0.717) is 12.8 Å². The van der Waals surface area contributed by atoms with Gasteiger partial charge in [0.1, 0.15) is 0 Å². The summed E-state index contributed by atoms with van der Waals surface area (Å²) in [5.74, 6) is -0.581. The van der Waals surface area contributed by atoms with Crippen LogP contribution in [-0.2, 0) is 16.0 Å². The number of rotatable bonds is 7. The van der Waals surface area contributed by atoms with E-state index < -0.39 is 12.1 Å². The maximum Gasteiger partial charge on any atom is 0.220 e. The molecular weight excluding hydrogens is 304 g/mol. The van der Waals surface area contributed by atoms with Crippen molar-refractivity contribution in [1.29, 1.82) is 0 Å². The Labute approximate surface area is 144 Å². The average molecular weight is 334 g/mol. The number of carbonyl (C=O) groups is 1. The molecule has 0 bridgehead atoms. The van der Waals surface area contributed by atoms with Gasteiger partial charge in [0.2, 0.25) is 5.91 Å². The van der Waals surface area contributed by atoms with Gasteiger partial charge in [-0.3, -0.25) is 4.79 Å². The number of carbonyl (C=O) groups excluding carboxylic acids is 1. The molecule has 2 unspecified atom stereocenters. The van der Waals surface area contributed by atoms with Crippen molar-refractivity contribution in [3.05, 3.63) is 35.9 Å². The second-order valence-electron chi connectivity index (χ2n) is 7.15. The van der Waals surface area contributed by atoms with Gasteiger partial charge in [-0.2, -0.15) is 0 Å². The van der Waals surface area contributed by atoms with E-state index in [9.17, 15) is 9.90 Å². The minimum absolute atomic E-state index is 0.107. The maximum absolute atomic E-state index is 12.0. The Bertz CT molecular complexity index is 513. The van der Waals surface area contributed by atoms with Crippen LogP contribution in [0.4, 0.5) is 0 Å². The highest BCUT2D eigenvalue weighted by Crippen LogP contribution is 2.33. The Morgan fingerprint density at radius 3 is 2.38 bits per heavy atom. The van der Waals surface area contributed by atoms with E-state index in [1.807, 2.05) is 44.2 Å². The van der Waals surface area contributed by atoms with Crippen LogP contribution >= 0.6 is 0 Å². The molecule has 5 N–H and O–H groups in total. The van der Waals surface area contributed by atoms with E-state index in [0.717, 1.165) is 18.4 Å². The third-order valence-electron chi connectivity index (χ3n) is 4.97. The maximum atomic E-state index is 12.0. The fourth-order valence-electron chi connectivity index (χ4n) is 3.78. The highest BCUT2D eigenvalue weighted by Gasteiger charge is 2.35. The van der Waals surface area contributed by atoms with Gasteiger partial charge in [0.05, 0.1) is 18.3 Å². The van der Waals surface area contributed by atoms with Crippen molar-refractivity contribution in [3.8, 4) is 0 Å². The largest absolute Gasteiger partial charge is 0.391 e. The molecule has 1 amide bonds. The zero-order valence-corrected chi connectivity index (χ0v) is 14.6. The van der Waals surface area contributed by atoms with Crippen LogP contribution in [0, 0.1) is 11.8 Å². The lowest BCUT2D eigenvalue weighted by Crippen LogP contribution is -2.44. The van der Waals surface area contributed by atoms with Crippen molar-refractivity contribution in [1.82, 2.24) is 0 Å². The summed E-state index contributed by atoms with van der Waals surface area (Å²) in [7, 11) is 0. The number of benzene rings is 1. The molecule has 134 valence electrons. The molecule has 5 heteroatoms. The van der Waals surface area contributed by atoms with Crippen molar-refractivity contribution in [2.24, 2.45) is 23.3 Å². The molecule has 5 nitrogen and oxygen atoms in total. The van der Waals surface area contributed by atoms with E-state index in [4.69, 9.17) is 16.2 Å². The molecule has 0 aromatic heterocycles. The molecule has 1 heterocycles. The summed E-state index contributed by atoms with van der Waals surface area (Å²) in [5.41, 5.74) is 12.9. The van der Waals surface area contributed by atoms with Crippen LogP contribution in [0.2, 0.25) is 0 Å². The Morgan fingerprint density at radius 2 is 1.83 bits per heavy atom. The number of primary amides is 1. The van der Waals surface area contributed by atoms with Gasteiger partial charge >= 0.3 is 0 Å². The summed E-state index contributed by atoms with van der Waals surface area (Å²) in [6, 6.07) is 9.41. The summed E-state index contributed by atoms with van der Waals surface area (Å²) < 4.78 is 5.74. The van der Waals surface area contributed by atoms with Crippen LogP contribution in [0.3, 0.4) is 0 Å². The van der Waals surface area contributed by atoms with Crippen LogP contribution in [0.1, 0.15) is 38.7 Å². The molecule has 1 aromatic rings. The van der Waals surface area contributed by atoms with E-state index in [1.165, 1.54) is 0 Å². The topological polar surface area (TPSA) is 98.6 Å². The lowest BCUT2D eigenvalue weighted by molar-refractivity contribution is -0.129. The molecule has 2 rings (SSSR count). The lowest BCUT2D eigenvalue weighted by Gasteiger charge is -2.36. The van der Waals surface area contributed by atoms with Crippen molar-refractivity contribution >= 4 is 5.91 Å². The first-order valence-electron chi connectivity index (χ1n) is 8.79. The number of ether oxygens (including phenoxy) is 1. The van der Waals surface area contributed by atoms with Gasteiger partial charge in [0, 0.05) is 12.0 Å². The van der Waals surface area contributed by atoms with E-state index >= 15 is 0 Å². The van der Waals surface area contributed by atoms with Gasteiger partial charge in [-0.25, -0.2) is 0 Å². The van der Waals surface area contributed by atoms with Gasteiger partial charge < -0.3 is 21.3 Å². The second-order valence-corrected chi connectivity index (χ2v) is 7.15. The van der Waals surface area contributed by atoms with Crippen LogP contribution in [-0.4, -0.2) is 35.4 Å². The Morgan fingerprint density at radius 1 is 1.25 bits per heavy atom. The van der Waals surface area contributed by atoms with E-state index in [1.54, 1.807) is 0 Å². The minimum Gasteiger partial charge on any atom is -0.391 e. The number of amides is 1. The highest BCUT2D eigenvalue weighted by atomic mass is 16.5. The molecular formula is C19H30N2O3. The number of aliphatic hydroxyl groups excluding tert-OH is 1. The fourth-order valence-corrected chi connectivity index (χ4v) is 3.78. The molecule has 24 heavy (non-hydrogen) atoms. The van der Waals surface area contributed by atoms with Crippen LogP contribution < -0.4 is 11.5 Å². The molecule has 5 atom stereocenters. The van der Waals surface area contributed by atoms with Crippen LogP contribution in [0.5, 0.6) is 0 Å². The lowest BCUT2D eigenvalue weighted by atomic mass is 9.77. The summed E-state index contributed by atoms with van der Waals surface area (Å²) in [6.07, 6.45) is 1.93. The highest BCUT2D eigenvalue weighted by molar-refractivity contribution is 5.77. The molecule has 1 aliphatic heterocycles. The molecule has 0 saturated carbocycles.